The summed E-state index contributed by atoms with van der Waals surface area (Å²) in [6.07, 6.45) is 3.11. The van der Waals surface area contributed by atoms with Gasteiger partial charge in [0, 0.05) is 24.1 Å². The van der Waals surface area contributed by atoms with Crippen molar-refractivity contribution in [3.05, 3.63) is 64.9 Å². The molecule has 0 bridgehead atoms. The summed E-state index contributed by atoms with van der Waals surface area (Å²) in [5, 5.41) is 13.1. The predicted octanol–water partition coefficient (Wildman–Crippen LogP) is 5.53. The second-order valence-corrected chi connectivity index (χ2v) is 9.01. The Morgan fingerprint density at radius 1 is 1.14 bits per heavy atom. The minimum Gasteiger partial charge on any atom is -0.497 e. The van der Waals surface area contributed by atoms with Crippen molar-refractivity contribution in [1.82, 2.24) is 14.8 Å². The van der Waals surface area contributed by atoms with Gasteiger partial charge in [-0.25, -0.2) is 0 Å². The van der Waals surface area contributed by atoms with E-state index in [0.717, 1.165) is 5.82 Å². The number of aromatic nitrogens is 3. The van der Waals surface area contributed by atoms with Gasteiger partial charge in [-0.05, 0) is 36.8 Å². The van der Waals surface area contributed by atoms with Gasteiger partial charge >= 0.3 is 0 Å². The largest absolute Gasteiger partial charge is 0.497 e. The average molecular weight is 537 g/mol. The number of nitrogens with one attached hydrogen (secondary N) is 1. The molecule has 0 radical (unpaired) electrons. The SMILES string of the molecule is C=CCn1c(CCCOc2ccc(Cl)cc2Cl)nnc1SCC(=O)Nc1ccc(OC)cc1OC. The van der Waals surface area contributed by atoms with Gasteiger partial charge in [-0.2, -0.15) is 0 Å². The lowest BCUT2D eigenvalue weighted by atomic mass is 10.2. The van der Waals surface area contributed by atoms with E-state index in [1.54, 1.807) is 49.6 Å². The third-order valence-corrected chi connectivity index (χ3v) is 6.31. The molecule has 1 N–H and O–H groups in total. The van der Waals surface area contributed by atoms with Gasteiger partial charge in [0.25, 0.3) is 0 Å². The van der Waals surface area contributed by atoms with Crippen LogP contribution in [0.1, 0.15) is 12.2 Å². The second-order valence-electron chi connectivity index (χ2n) is 7.23. The van der Waals surface area contributed by atoms with Gasteiger partial charge in [0.05, 0.1) is 37.3 Å². The Hall–Kier alpha value is -2.88. The molecule has 1 amide bonds. The first-order valence-electron chi connectivity index (χ1n) is 10.7. The minimum atomic E-state index is -0.193. The van der Waals surface area contributed by atoms with Crippen molar-refractivity contribution >= 4 is 46.6 Å². The molecule has 0 unspecified atom stereocenters. The van der Waals surface area contributed by atoms with Crippen molar-refractivity contribution in [1.29, 1.82) is 0 Å². The van der Waals surface area contributed by atoms with Crippen LogP contribution in [0, 0.1) is 0 Å². The highest BCUT2D eigenvalue weighted by Crippen LogP contribution is 2.30. The van der Waals surface area contributed by atoms with Crippen LogP contribution >= 0.6 is 35.0 Å². The van der Waals surface area contributed by atoms with Gasteiger partial charge < -0.3 is 24.1 Å². The van der Waals surface area contributed by atoms with Crippen molar-refractivity contribution < 1.29 is 19.0 Å². The fraction of sp³-hybridized carbons (Fsp3) is 0.292. The van der Waals surface area contributed by atoms with E-state index in [4.69, 9.17) is 37.4 Å². The standard InChI is InChI=1S/C24H26Cl2N4O4S/c1-4-11-30-22(6-5-12-34-20-10-7-16(25)13-18(20)26)28-29-24(30)35-15-23(31)27-19-9-8-17(32-2)14-21(19)33-3/h4,7-10,13-14H,1,5-6,11-12,15H2,2-3H3,(H,27,31). The molecule has 35 heavy (non-hydrogen) atoms. The number of nitrogens with zero attached hydrogens (tertiary/aromatic N) is 3. The number of hydrogen-bond acceptors (Lipinski definition) is 7. The number of hydrogen-bond donors (Lipinski definition) is 1. The Bertz CT molecular complexity index is 1170. The van der Waals surface area contributed by atoms with E-state index in [2.05, 4.69) is 22.1 Å². The van der Waals surface area contributed by atoms with Crippen LogP contribution in [0.15, 0.2) is 54.2 Å². The maximum Gasteiger partial charge on any atom is 0.234 e. The van der Waals surface area contributed by atoms with Gasteiger partial charge in [0.2, 0.25) is 5.91 Å². The van der Waals surface area contributed by atoms with Gasteiger partial charge in [-0.3, -0.25) is 4.79 Å². The van der Waals surface area contributed by atoms with E-state index in [-0.39, 0.29) is 11.7 Å². The van der Waals surface area contributed by atoms with Crippen LogP contribution in [0.5, 0.6) is 17.2 Å². The van der Waals surface area contributed by atoms with Crippen LogP contribution in [-0.2, 0) is 17.8 Å². The number of ether oxygens (including phenoxy) is 3. The number of aryl methyl sites for hydroxylation is 1. The molecule has 186 valence electrons. The minimum absolute atomic E-state index is 0.155. The molecule has 0 aliphatic carbocycles. The summed E-state index contributed by atoms with van der Waals surface area (Å²) in [4.78, 5) is 12.5. The second kappa shape index (κ2) is 13.3. The highest BCUT2D eigenvalue weighted by molar-refractivity contribution is 7.99. The fourth-order valence-corrected chi connectivity index (χ4v) is 4.38. The molecule has 3 rings (SSSR count). The molecular weight excluding hydrogens is 511 g/mol. The van der Waals surface area contributed by atoms with Crippen LogP contribution < -0.4 is 19.5 Å². The Morgan fingerprint density at radius 3 is 2.69 bits per heavy atom. The third kappa shape index (κ3) is 7.55. The predicted molar refractivity (Wildman–Crippen MR) is 139 cm³/mol. The first-order valence-corrected chi connectivity index (χ1v) is 12.4. The molecule has 0 saturated carbocycles. The van der Waals surface area contributed by atoms with Crippen LogP contribution in [0.2, 0.25) is 10.0 Å². The van der Waals surface area contributed by atoms with Crippen molar-refractivity contribution in [3.63, 3.8) is 0 Å². The average Bonchev–Trinajstić information content (AvgIpc) is 3.23. The lowest BCUT2D eigenvalue weighted by Gasteiger charge is -2.12. The number of amides is 1. The first kappa shape index (κ1) is 26.7. The van der Waals surface area contributed by atoms with Crippen LogP contribution in [0.3, 0.4) is 0 Å². The van der Waals surface area contributed by atoms with E-state index >= 15 is 0 Å². The van der Waals surface area contributed by atoms with Crippen LogP contribution in [-0.4, -0.2) is 47.3 Å². The van der Waals surface area contributed by atoms with Gasteiger partial charge in [-0.1, -0.05) is 41.0 Å². The van der Waals surface area contributed by atoms with Gasteiger partial charge in [0.1, 0.15) is 23.1 Å². The number of thioether (sulfide) groups is 1. The monoisotopic (exact) mass is 536 g/mol. The molecule has 3 aromatic rings. The zero-order valence-electron chi connectivity index (χ0n) is 19.4. The maximum atomic E-state index is 12.5. The van der Waals surface area contributed by atoms with E-state index in [0.29, 0.717) is 64.1 Å². The van der Waals surface area contributed by atoms with Crippen LogP contribution in [0.4, 0.5) is 5.69 Å². The topological polar surface area (TPSA) is 87.5 Å². The molecule has 0 aliphatic heterocycles. The quantitative estimate of drug-likeness (QED) is 0.174. The summed E-state index contributed by atoms with van der Waals surface area (Å²) in [7, 11) is 3.10. The molecule has 0 saturated heterocycles. The molecule has 1 heterocycles. The van der Waals surface area contributed by atoms with Crippen molar-refractivity contribution in [3.8, 4) is 17.2 Å². The molecule has 0 atom stereocenters. The van der Waals surface area contributed by atoms with E-state index in [1.807, 2.05) is 4.57 Å². The molecule has 2 aromatic carbocycles. The number of carbonyl (C=O) groups excluding carboxylic acids is 1. The van der Waals surface area contributed by atoms with Crippen molar-refractivity contribution in [2.45, 2.75) is 24.5 Å². The number of anilines is 1. The Morgan fingerprint density at radius 2 is 1.97 bits per heavy atom. The molecule has 0 spiro atoms. The zero-order valence-corrected chi connectivity index (χ0v) is 21.8. The Balaban J connectivity index is 1.55. The Kier molecular flexibility index (Phi) is 10.1. The van der Waals surface area contributed by atoms with Crippen LogP contribution in [0.25, 0.3) is 0 Å². The van der Waals surface area contributed by atoms with E-state index in [9.17, 15) is 4.79 Å². The summed E-state index contributed by atoms with van der Waals surface area (Å²) in [5.41, 5.74) is 0.563. The third-order valence-electron chi connectivity index (χ3n) is 4.82. The van der Waals surface area contributed by atoms with Crippen molar-refractivity contribution in [2.24, 2.45) is 0 Å². The smallest absolute Gasteiger partial charge is 0.234 e. The number of halogens is 2. The van der Waals surface area contributed by atoms with E-state index < -0.39 is 0 Å². The fourth-order valence-electron chi connectivity index (χ4n) is 3.15. The normalized spacial score (nSPS) is 10.6. The molecule has 0 fully saturated rings. The summed E-state index contributed by atoms with van der Waals surface area (Å²) in [6.45, 7) is 4.80. The maximum absolute atomic E-state index is 12.5. The molecule has 0 aliphatic rings. The molecule has 8 nitrogen and oxygen atoms in total. The molecular formula is C24H26Cl2N4O4S. The Labute approximate surface area is 218 Å². The number of rotatable bonds is 13. The lowest BCUT2D eigenvalue weighted by Crippen LogP contribution is -2.15. The summed E-state index contributed by atoms with van der Waals surface area (Å²) >= 11 is 13.4. The van der Waals surface area contributed by atoms with Crippen molar-refractivity contribution in [2.75, 3.05) is 31.9 Å². The first-order chi connectivity index (χ1) is 16.9. The lowest BCUT2D eigenvalue weighted by molar-refractivity contribution is -0.113. The highest BCUT2D eigenvalue weighted by atomic mass is 35.5. The summed E-state index contributed by atoms with van der Waals surface area (Å²) in [5.74, 6) is 2.49. The number of benzene rings is 2. The summed E-state index contributed by atoms with van der Waals surface area (Å²) in [6, 6.07) is 10.3. The van der Waals surface area contributed by atoms with E-state index in [1.165, 1.54) is 18.9 Å². The summed E-state index contributed by atoms with van der Waals surface area (Å²) < 4.78 is 18.2. The molecule has 1 aromatic heterocycles. The van der Waals surface area contributed by atoms with Gasteiger partial charge in [0.15, 0.2) is 5.16 Å². The highest BCUT2D eigenvalue weighted by Gasteiger charge is 2.15. The number of carbonyl (C=O) groups is 1. The number of methoxy groups -OCH3 is 2. The van der Waals surface area contributed by atoms with Gasteiger partial charge in [-0.15, -0.1) is 16.8 Å². The zero-order chi connectivity index (χ0) is 25.2. The number of allylic oxidation sites excluding steroid dienone is 1. The molecule has 11 heteroatoms.